The van der Waals surface area contributed by atoms with Gasteiger partial charge >= 0.3 is 0 Å². The Labute approximate surface area is 128 Å². The van der Waals surface area contributed by atoms with E-state index in [-0.39, 0.29) is 11.5 Å². The minimum absolute atomic E-state index is 0.111. The molecular weight excluding hydrogens is 276 g/mol. The highest BCUT2D eigenvalue weighted by molar-refractivity contribution is 6.09. The van der Waals surface area contributed by atoms with Crippen molar-refractivity contribution in [3.05, 3.63) is 90.0 Å². The van der Waals surface area contributed by atoms with Crippen LogP contribution in [0.15, 0.2) is 72.8 Å². The summed E-state index contributed by atoms with van der Waals surface area (Å²) in [5, 5.41) is 11.1. The molecular formula is C19H12O3. The van der Waals surface area contributed by atoms with Gasteiger partial charge in [-0.05, 0) is 66.7 Å². The Morgan fingerprint density at radius 3 is 1.82 bits per heavy atom. The average Bonchev–Trinajstić information content (AvgIpc) is 2.57. The van der Waals surface area contributed by atoms with E-state index in [2.05, 4.69) is 6.07 Å². The van der Waals surface area contributed by atoms with Gasteiger partial charge in [-0.2, -0.15) is 0 Å². The number of hydrogen-bond acceptors (Lipinski definition) is 2. The summed E-state index contributed by atoms with van der Waals surface area (Å²) in [4.78, 5) is 12.3. The maximum absolute atomic E-state index is 12.3. The Morgan fingerprint density at radius 2 is 1.23 bits per heavy atom. The molecule has 106 valence electrons. The van der Waals surface area contributed by atoms with Crippen molar-refractivity contribution < 1.29 is 14.6 Å². The monoisotopic (exact) mass is 288 g/mol. The Balaban J connectivity index is 1.76. The lowest BCUT2D eigenvalue weighted by molar-refractivity contribution is 0.103. The van der Waals surface area contributed by atoms with Crippen molar-refractivity contribution in [3.8, 4) is 17.2 Å². The van der Waals surface area contributed by atoms with Crippen molar-refractivity contribution >= 4 is 5.78 Å². The van der Waals surface area contributed by atoms with Crippen LogP contribution in [0.1, 0.15) is 15.9 Å². The number of hydrogen-bond donors (Lipinski definition) is 0. The number of carbonyl (C=O) groups is 1. The van der Waals surface area contributed by atoms with Crippen LogP contribution >= 0.6 is 0 Å². The quantitative estimate of drug-likeness (QED) is 0.656. The lowest BCUT2D eigenvalue weighted by Crippen LogP contribution is -2.00. The third-order valence-corrected chi connectivity index (χ3v) is 3.16. The van der Waals surface area contributed by atoms with Crippen LogP contribution in [-0.2, 0) is 5.11 Å². The highest BCUT2D eigenvalue weighted by Crippen LogP contribution is 2.22. The molecule has 0 unspecified atom stereocenters. The van der Waals surface area contributed by atoms with Crippen molar-refractivity contribution in [2.75, 3.05) is 0 Å². The second-order valence-electron chi connectivity index (χ2n) is 4.72. The molecule has 0 N–H and O–H groups in total. The van der Waals surface area contributed by atoms with E-state index in [4.69, 9.17) is 4.74 Å². The fourth-order valence-corrected chi connectivity index (χ4v) is 2.02. The molecule has 0 aromatic heterocycles. The van der Waals surface area contributed by atoms with Gasteiger partial charge in [0.25, 0.3) is 0 Å². The van der Waals surface area contributed by atoms with Crippen molar-refractivity contribution in [2.45, 2.75) is 0 Å². The lowest BCUT2D eigenvalue weighted by Gasteiger charge is -2.06. The topological polar surface area (TPSA) is 46.2 Å². The summed E-state index contributed by atoms with van der Waals surface area (Å²) in [5.74, 6) is 1.13. The molecule has 0 aliphatic rings. The Morgan fingerprint density at radius 1 is 0.727 bits per heavy atom. The first-order valence-electron chi connectivity index (χ1n) is 6.78. The first kappa shape index (κ1) is 13.9. The summed E-state index contributed by atoms with van der Waals surface area (Å²) in [5.41, 5.74) is 1.04. The Hall–Kier alpha value is -3.07. The molecule has 22 heavy (non-hydrogen) atoms. The summed E-state index contributed by atoms with van der Waals surface area (Å²) in [6.07, 6.45) is 0. The zero-order chi connectivity index (χ0) is 15.4. The molecule has 3 aromatic carbocycles. The maximum Gasteiger partial charge on any atom is 0.193 e. The third-order valence-electron chi connectivity index (χ3n) is 3.16. The van der Waals surface area contributed by atoms with Crippen LogP contribution in [0, 0.1) is 6.07 Å². The molecule has 0 aliphatic carbocycles. The molecule has 0 saturated carbocycles. The van der Waals surface area contributed by atoms with Gasteiger partial charge in [-0.1, -0.05) is 12.1 Å². The number of rotatable bonds is 4. The van der Waals surface area contributed by atoms with Gasteiger partial charge in [0, 0.05) is 11.1 Å². The SMILES string of the molecule is [O]c1ccc(C(=O)c2ccc(Oc3cc[c]cc3)cc2)cc1. The summed E-state index contributed by atoms with van der Waals surface area (Å²) >= 11 is 0. The van der Waals surface area contributed by atoms with E-state index in [9.17, 15) is 9.90 Å². The molecule has 3 rings (SSSR count). The van der Waals surface area contributed by atoms with E-state index in [0.717, 1.165) is 0 Å². The van der Waals surface area contributed by atoms with Crippen LogP contribution in [0.5, 0.6) is 17.2 Å². The van der Waals surface area contributed by atoms with Crippen LogP contribution in [0.25, 0.3) is 0 Å². The first-order chi connectivity index (χ1) is 10.7. The van der Waals surface area contributed by atoms with Crippen molar-refractivity contribution in [2.24, 2.45) is 0 Å². The Bertz CT molecular complexity index is 760. The van der Waals surface area contributed by atoms with Gasteiger partial charge < -0.3 is 4.74 Å². The van der Waals surface area contributed by atoms with Crippen LogP contribution in [-0.4, -0.2) is 5.78 Å². The summed E-state index contributed by atoms with van der Waals surface area (Å²) in [6, 6.07) is 22.8. The normalized spacial score (nSPS) is 10.2. The highest BCUT2D eigenvalue weighted by atomic mass is 16.5. The largest absolute Gasteiger partial charge is 0.457 e. The fourth-order valence-electron chi connectivity index (χ4n) is 2.02. The van der Waals surface area contributed by atoms with Crippen molar-refractivity contribution in [1.29, 1.82) is 0 Å². The molecule has 3 heteroatoms. The maximum atomic E-state index is 12.3. The number of carbonyl (C=O) groups excluding carboxylic acids is 1. The molecule has 0 saturated heterocycles. The van der Waals surface area contributed by atoms with Gasteiger partial charge in [-0.25, -0.2) is 0 Å². The summed E-state index contributed by atoms with van der Waals surface area (Å²) < 4.78 is 5.66. The summed E-state index contributed by atoms with van der Waals surface area (Å²) in [7, 11) is 0. The van der Waals surface area contributed by atoms with E-state index in [1.807, 2.05) is 12.1 Å². The second kappa shape index (κ2) is 6.14. The van der Waals surface area contributed by atoms with E-state index >= 15 is 0 Å². The van der Waals surface area contributed by atoms with Gasteiger partial charge in [-0.3, -0.25) is 9.90 Å². The van der Waals surface area contributed by atoms with E-state index in [1.165, 1.54) is 24.3 Å². The molecule has 0 atom stereocenters. The van der Waals surface area contributed by atoms with Crippen molar-refractivity contribution in [3.63, 3.8) is 0 Å². The molecule has 0 bridgehead atoms. The molecule has 2 radical (unpaired) electrons. The van der Waals surface area contributed by atoms with E-state index in [1.54, 1.807) is 36.4 Å². The van der Waals surface area contributed by atoms with Crippen LogP contribution in [0.3, 0.4) is 0 Å². The molecule has 3 aromatic rings. The fraction of sp³-hybridized carbons (Fsp3) is 0. The molecule has 0 fully saturated rings. The first-order valence-corrected chi connectivity index (χ1v) is 6.78. The van der Waals surface area contributed by atoms with Crippen LogP contribution in [0.2, 0.25) is 0 Å². The zero-order valence-corrected chi connectivity index (χ0v) is 11.7. The molecule has 0 aliphatic heterocycles. The predicted octanol–water partition coefficient (Wildman–Crippen LogP) is 4.65. The predicted molar refractivity (Wildman–Crippen MR) is 81.8 cm³/mol. The standard InChI is InChI=1S/C19H12O3/c20-16-10-6-14(7-11-16)19(21)15-8-12-18(13-9-15)22-17-4-2-1-3-5-17/h2-13H. The molecule has 0 amide bonds. The Kier molecular flexibility index (Phi) is 3.88. The second-order valence-corrected chi connectivity index (χ2v) is 4.72. The number of ether oxygens (including phenoxy) is 1. The van der Waals surface area contributed by atoms with E-state index in [0.29, 0.717) is 22.6 Å². The van der Waals surface area contributed by atoms with Crippen molar-refractivity contribution in [1.82, 2.24) is 0 Å². The molecule has 0 heterocycles. The number of benzene rings is 3. The minimum atomic E-state index is -0.124. The lowest BCUT2D eigenvalue weighted by atomic mass is 10.0. The minimum Gasteiger partial charge on any atom is -0.457 e. The van der Waals surface area contributed by atoms with E-state index < -0.39 is 0 Å². The third kappa shape index (κ3) is 3.15. The van der Waals surface area contributed by atoms with Gasteiger partial charge in [-0.15, -0.1) is 0 Å². The van der Waals surface area contributed by atoms with Gasteiger partial charge in [0.05, 0.1) is 0 Å². The van der Waals surface area contributed by atoms with Crippen LogP contribution in [0.4, 0.5) is 0 Å². The molecule has 0 spiro atoms. The highest BCUT2D eigenvalue weighted by Gasteiger charge is 2.09. The average molecular weight is 288 g/mol. The summed E-state index contributed by atoms with van der Waals surface area (Å²) in [6.45, 7) is 0. The van der Waals surface area contributed by atoms with Crippen LogP contribution < -0.4 is 4.74 Å². The van der Waals surface area contributed by atoms with Gasteiger partial charge in [0.15, 0.2) is 11.5 Å². The molecule has 3 nitrogen and oxygen atoms in total. The smallest absolute Gasteiger partial charge is 0.193 e. The number of ketones is 1. The van der Waals surface area contributed by atoms with Gasteiger partial charge in [0.2, 0.25) is 0 Å². The van der Waals surface area contributed by atoms with Gasteiger partial charge in [0.1, 0.15) is 11.5 Å². The zero-order valence-electron chi connectivity index (χ0n) is 11.7.